The van der Waals surface area contributed by atoms with Crippen molar-refractivity contribution in [2.45, 2.75) is 24.7 Å². The van der Waals surface area contributed by atoms with E-state index in [2.05, 4.69) is 21.3 Å². The lowest BCUT2D eigenvalue weighted by Crippen LogP contribution is -2.49. The first-order valence-corrected chi connectivity index (χ1v) is 10.3. The summed E-state index contributed by atoms with van der Waals surface area (Å²) in [5.41, 5.74) is 1.06. The summed E-state index contributed by atoms with van der Waals surface area (Å²) in [5, 5.41) is 5.00. The molecule has 0 radical (unpaired) electrons. The summed E-state index contributed by atoms with van der Waals surface area (Å²) in [4.78, 5) is 6.84. The number of likely N-dealkylation sites (tertiary alicyclic amines) is 1. The standard InChI is InChI=1S/C20H29Cl2N3O2/c1-23-19(25-8-5-15(12-25)13-26-2)24-14-20(6-9-27-10-7-20)17-4-3-16(21)11-18(17)22/h3-4,11,15H,5-10,12-14H2,1-2H3,(H,23,24). The molecular formula is C20H29Cl2N3O2. The molecule has 2 aliphatic heterocycles. The predicted octanol–water partition coefficient (Wildman–Crippen LogP) is 3.59. The molecule has 2 heterocycles. The van der Waals surface area contributed by atoms with Crippen LogP contribution in [-0.2, 0) is 14.9 Å². The summed E-state index contributed by atoms with van der Waals surface area (Å²) in [7, 11) is 3.61. The Labute approximate surface area is 172 Å². The summed E-state index contributed by atoms with van der Waals surface area (Å²) < 4.78 is 10.9. The van der Waals surface area contributed by atoms with Crippen molar-refractivity contribution >= 4 is 29.2 Å². The maximum absolute atomic E-state index is 6.57. The van der Waals surface area contributed by atoms with Gasteiger partial charge in [0.1, 0.15) is 0 Å². The van der Waals surface area contributed by atoms with Crippen LogP contribution in [0.2, 0.25) is 10.0 Å². The topological polar surface area (TPSA) is 46.1 Å². The highest BCUT2D eigenvalue weighted by atomic mass is 35.5. The van der Waals surface area contributed by atoms with Gasteiger partial charge in [-0.2, -0.15) is 0 Å². The molecule has 0 saturated carbocycles. The Bertz CT molecular complexity index is 663. The van der Waals surface area contributed by atoms with Gasteiger partial charge >= 0.3 is 0 Å². The van der Waals surface area contributed by atoms with Crippen LogP contribution < -0.4 is 5.32 Å². The molecule has 0 aliphatic carbocycles. The molecule has 2 aliphatic rings. The van der Waals surface area contributed by atoms with E-state index in [0.29, 0.717) is 10.9 Å². The SMILES string of the molecule is CN=C(NCC1(c2ccc(Cl)cc2Cl)CCOCC1)N1CCC(COC)C1. The highest BCUT2D eigenvalue weighted by Crippen LogP contribution is 2.39. The fraction of sp³-hybridized carbons (Fsp3) is 0.650. The number of benzene rings is 1. The Balaban J connectivity index is 1.73. The molecule has 0 amide bonds. The molecule has 1 aromatic rings. The van der Waals surface area contributed by atoms with Gasteiger partial charge in [-0.05, 0) is 37.0 Å². The number of halogens is 2. The molecule has 1 aromatic carbocycles. The molecule has 2 fully saturated rings. The normalized spacial score (nSPS) is 22.9. The number of ether oxygens (including phenoxy) is 2. The average Bonchev–Trinajstić information content (AvgIpc) is 3.12. The van der Waals surface area contributed by atoms with Gasteiger partial charge in [-0.1, -0.05) is 29.3 Å². The molecule has 5 nitrogen and oxygen atoms in total. The van der Waals surface area contributed by atoms with Crippen LogP contribution in [0.4, 0.5) is 0 Å². The van der Waals surface area contributed by atoms with Crippen molar-refractivity contribution in [1.82, 2.24) is 10.2 Å². The van der Waals surface area contributed by atoms with Crippen molar-refractivity contribution in [3.05, 3.63) is 33.8 Å². The van der Waals surface area contributed by atoms with Crippen LogP contribution in [0.25, 0.3) is 0 Å². The number of aliphatic imine (C=N–C) groups is 1. The summed E-state index contributed by atoms with van der Waals surface area (Å²) >= 11 is 12.7. The number of guanidine groups is 1. The highest BCUT2D eigenvalue weighted by Gasteiger charge is 2.37. The van der Waals surface area contributed by atoms with E-state index in [-0.39, 0.29) is 5.41 Å². The lowest BCUT2D eigenvalue weighted by molar-refractivity contribution is 0.0512. The Kier molecular flexibility index (Phi) is 7.26. The number of hydrogen-bond acceptors (Lipinski definition) is 3. The van der Waals surface area contributed by atoms with Crippen LogP contribution in [0.3, 0.4) is 0 Å². The minimum atomic E-state index is -0.0818. The van der Waals surface area contributed by atoms with E-state index in [1.54, 1.807) is 7.11 Å². The number of nitrogens with zero attached hydrogens (tertiary/aromatic N) is 2. The Hall–Kier alpha value is -1.01. The van der Waals surface area contributed by atoms with Gasteiger partial charge in [0.15, 0.2) is 5.96 Å². The monoisotopic (exact) mass is 413 g/mol. The molecule has 0 bridgehead atoms. The van der Waals surface area contributed by atoms with Crippen molar-refractivity contribution in [2.75, 3.05) is 53.6 Å². The zero-order valence-electron chi connectivity index (χ0n) is 16.1. The quantitative estimate of drug-likeness (QED) is 0.591. The molecule has 2 saturated heterocycles. The van der Waals surface area contributed by atoms with Gasteiger partial charge in [-0.25, -0.2) is 0 Å². The number of methoxy groups -OCH3 is 1. The zero-order valence-corrected chi connectivity index (χ0v) is 17.7. The van der Waals surface area contributed by atoms with Crippen molar-refractivity contribution in [3.8, 4) is 0 Å². The minimum absolute atomic E-state index is 0.0818. The van der Waals surface area contributed by atoms with Crippen molar-refractivity contribution in [3.63, 3.8) is 0 Å². The van der Waals surface area contributed by atoms with E-state index in [1.165, 1.54) is 0 Å². The van der Waals surface area contributed by atoms with Crippen molar-refractivity contribution < 1.29 is 9.47 Å². The molecule has 0 spiro atoms. The van der Waals surface area contributed by atoms with Crippen LogP contribution in [0, 0.1) is 5.92 Å². The van der Waals surface area contributed by atoms with Crippen LogP contribution in [0.15, 0.2) is 23.2 Å². The molecule has 7 heteroatoms. The molecule has 3 rings (SSSR count). The second-order valence-corrected chi connectivity index (χ2v) is 8.32. The highest BCUT2D eigenvalue weighted by molar-refractivity contribution is 6.35. The Morgan fingerprint density at radius 1 is 1.37 bits per heavy atom. The largest absolute Gasteiger partial charge is 0.384 e. The fourth-order valence-electron chi connectivity index (χ4n) is 4.20. The Morgan fingerprint density at radius 3 is 2.81 bits per heavy atom. The second kappa shape index (κ2) is 9.46. The third kappa shape index (κ3) is 4.89. The maximum Gasteiger partial charge on any atom is 0.193 e. The minimum Gasteiger partial charge on any atom is -0.384 e. The summed E-state index contributed by atoms with van der Waals surface area (Å²) in [5.74, 6) is 1.51. The Morgan fingerprint density at radius 2 is 2.15 bits per heavy atom. The van der Waals surface area contributed by atoms with E-state index in [1.807, 2.05) is 19.2 Å². The van der Waals surface area contributed by atoms with Gasteiger partial charge < -0.3 is 19.7 Å². The third-order valence-corrected chi connectivity index (χ3v) is 6.28. The first-order chi connectivity index (χ1) is 13.1. The van der Waals surface area contributed by atoms with E-state index in [0.717, 1.165) is 75.3 Å². The third-order valence-electron chi connectivity index (χ3n) is 5.74. The lowest BCUT2D eigenvalue weighted by atomic mass is 9.74. The molecule has 1 unspecified atom stereocenters. The smallest absolute Gasteiger partial charge is 0.193 e. The van der Waals surface area contributed by atoms with Crippen LogP contribution >= 0.6 is 23.2 Å². The number of hydrogen-bond donors (Lipinski definition) is 1. The van der Waals surface area contributed by atoms with E-state index in [4.69, 9.17) is 32.7 Å². The van der Waals surface area contributed by atoms with E-state index < -0.39 is 0 Å². The first kappa shape index (κ1) is 20.7. The van der Waals surface area contributed by atoms with Gasteiger partial charge in [0.2, 0.25) is 0 Å². The molecule has 1 atom stereocenters. The molecule has 0 aromatic heterocycles. The molecule has 1 N–H and O–H groups in total. The van der Waals surface area contributed by atoms with Crippen molar-refractivity contribution in [2.24, 2.45) is 10.9 Å². The van der Waals surface area contributed by atoms with E-state index in [9.17, 15) is 0 Å². The van der Waals surface area contributed by atoms with Crippen LogP contribution in [0.1, 0.15) is 24.8 Å². The van der Waals surface area contributed by atoms with E-state index >= 15 is 0 Å². The summed E-state index contributed by atoms with van der Waals surface area (Å²) in [6.07, 6.45) is 2.98. The first-order valence-electron chi connectivity index (χ1n) is 9.56. The lowest BCUT2D eigenvalue weighted by Gasteiger charge is -2.39. The fourth-order valence-corrected chi connectivity index (χ4v) is 4.81. The van der Waals surface area contributed by atoms with Gasteiger partial charge in [-0.15, -0.1) is 0 Å². The number of rotatable bonds is 5. The molecular weight excluding hydrogens is 385 g/mol. The predicted molar refractivity (Wildman–Crippen MR) is 111 cm³/mol. The van der Waals surface area contributed by atoms with Crippen molar-refractivity contribution in [1.29, 1.82) is 0 Å². The van der Waals surface area contributed by atoms with Gasteiger partial charge in [0.05, 0.1) is 6.61 Å². The zero-order chi connectivity index (χ0) is 19.3. The molecule has 150 valence electrons. The average molecular weight is 414 g/mol. The number of nitrogens with one attached hydrogen (secondary N) is 1. The van der Waals surface area contributed by atoms with Crippen LogP contribution in [0.5, 0.6) is 0 Å². The second-order valence-electron chi connectivity index (χ2n) is 7.47. The van der Waals surface area contributed by atoms with Gasteiger partial charge in [0.25, 0.3) is 0 Å². The summed E-state index contributed by atoms with van der Waals surface area (Å²) in [6, 6.07) is 5.82. The maximum atomic E-state index is 6.57. The van der Waals surface area contributed by atoms with Gasteiger partial charge in [0, 0.05) is 68.4 Å². The van der Waals surface area contributed by atoms with Gasteiger partial charge in [-0.3, -0.25) is 4.99 Å². The summed E-state index contributed by atoms with van der Waals surface area (Å²) in [6.45, 7) is 5.03. The van der Waals surface area contributed by atoms with Crippen LogP contribution in [-0.4, -0.2) is 64.5 Å². The molecule has 27 heavy (non-hydrogen) atoms.